The highest BCUT2D eigenvalue weighted by Crippen LogP contribution is 2.29. The van der Waals surface area contributed by atoms with Crippen LogP contribution in [0.4, 0.5) is 10.1 Å². The third-order valence-corrected chi connectivity index (χ3v) is 5.58. The molecule has 3 aromatic carbocycles. The summed E-state index contributed by atoms with van der Waals surface area (Å²) >= 11 is 0. The maximum Gasteiger partial charge on any atom is 0.249 e. The van der Waals surface area contributed by atoms with Crippen molar-refractivity contribution in [3.05, 3.63) is 89.7 Å². The molecule has 0 aliphatic heterocycles. The molecule has 4 rings (SSSR count). The maximum absolute atomic E-state index is 13.8. The number of anilines is 1. The van der Waals surface area contributed by atoms with Crippen LogP contribution in [-0.4, -0.2) is 47.1 Å². The van der Waals surface area contributed by atoms with Gasteiger partial charge < -0.3 is 10.1 Å². The van der Waals surface area contributed by atoms with Gasteiger partial charge in [-0.15, -0.1) is 5.10 Å². The fourth-order valence-corrected chi connectivity index (χ4v) is 3.82. The van der Waals surface area contributed by atoms with E-state index in [-0.39, 0.29) is 19.0 Å². The van der Waals surface area contributed by atoms with Gasteiger partial charge in [-0.05, 0) is 48.9 Å². The molecule has 4 aromatic rings. The molecule has 1 heterocycles. The minimum atomic E-state index is -1.04. The maximum atomic E-state index is 13.8. The van der Waals surface area contributed by atoms with E-state index in [1.165, 1.54) is 41.0 Å². The van der Waals surface area contributed by atoms with Crippen molar-refractivity contribution < 1.29 is 18.7 Å². The van der Waals surface area contributed by atoms with Crippen molar-refractivity contribution in [3.8, 4) is 0 Å². The van der Waals surface area contributed by atoms with E-state index in [1.54, 1.807) is 12.1 Å². The number of halogens is 1. The Morgan fingerprint density at radius 1 is 1.06 bits per heavy atom. The molecule has 0 saturated carbocycles. The number of benzene rings is 3. The lowest BCUT2D eigenvalue weighted by molar-refractivity contribution is -0.127. The van der Waals surface area contributed by atoms with E-state index >= 15 is 0 Å². The smallest absolute Gasteiger partial charge is 0.249 e. The number of ether oxygens (including phenoxy) is 1. The molecule has 0 unspecified atom stereocenters. The second kappa shape index (κ2) is 10.9. The average molecular weight is 476 g/mol. The number of nitrogens with one attached hydrogen (secondary N) is 1. The molecule has 0 spiro atoms. The first kappa shape index (κ1) is 24.0. The average Bonchev–Trinajstić information content (AvgIpc) is 3.27. The topological polar surface area (TPSA) is 89.4 Å². The van der Waals surface area contributed by atoms with Crippen molar-refractivity contribution in [1.29, 1.82) is 0 Å². The fourth-order valence-electron chi connectivity index (χ4n) is 3.82. The Hall–Kier alpha value is -4.11. The molecule has 8 nitrogen and oxygen atoms in total. The molecule has 1 aromatic heterocycles. The lowest BCUT2D eigenvalue weighted by atomic mass is 10.0. The molecule has 0 fully saturated rings. The van der Waals surface area contributed by atoms with Gasteiger partial charge in [-0.3, -0.25) is 14.5 Å². The van der Waals surface area contributed by atoms with Crippen LogP contribution < -0.4 is 10.2 Å². The van der Waals surface area contributed by atoms with Gasteiger partial charge in [-0.2, -0.15) is 0 Å². The zero-order valence-corrected chi connectivity index (χ0v) is 19.5. The number of methoxy groups -OCH3 is 1. The monoisotopic (exact) mass is 475 g/mol. The van der Waals surface area contributed by atoms with E-state index < -0.39 is 17.8 Å². The Balaban J connectivity index is 1.76. The van der Waals surface area contributed by atoms with Crippen molar-refractivity contribution in [2.24, 2.45) is 0 Å². The zero-order chi connectivity index (χ0) is 24.8. The van der Waals surface area contributed by atoms with Gasteiger partial charge >= 0.3 is 0 Å². The van der Waals surface area contributed by atoms with Crippen LogP contribution in [0.15, 0.2) is 72.8 Å². The van der Waals surface area contributed by atoms with Crippen LogP contribution >= 0.6 is 0 Å². The van der Waals surface area contributed by atoms with Crippen molar-refractivity contribution in [2.45, 2.75) is 19.5 Å². The summed E-state index contributed by atoms with van der Waals surface area (Å²) in [6.07, 6.45) is 0. The van der Waals surface area contributed by atoms with Gasteiger partial charge in [-0.25, -0.2) is 9.07 Å². The van der Waals surface area contributed by atoms with E-state index in [4.69, 9.17) is 4.74 Å². The van der Waals surface area contributed by atoms with Crippen molar-refractivity contribution in [2.75, 3.05) is 25.2 Å². The van der Waals surface area contributed by atoms with Crippen LogP contribution in [0.25, 0.3) is 11.0 Å². The number of para-hydroxylation sites is 1. The van der Waals surface area contributed by atoms with Crippen LogP contribution in [0.3, 0.4) is 0 Å². The van der Waals surface area contributed by atoms with Crippen LogP contribution in [0.1, 0.15) is 17.2 Å². The van der Waals surface area contributed by atoms with E-state index in [9.17, 15) is 14.0 Å². The number of hydrogen-bond acceptors (Lipinski definition) is 5. The number of fused-ring (bicyclic) bond motifs is 1. The summed E-state index contributed by atoms with van der Waals surface area (Å²) in [6, 6.07) is 19.1. The first-order valence-corrected chi connectivity index (χ1v) is 11.2. The zero-order valence-electron chi connectivity index (χ0n) is 19.5. The Labute approximate surface area is 202 Å². The summed E-state index contributed by atoms with van der Waals surface area (Å²) in [7, 11) is 1.54. The number of nitrogens with zero attached hydrogens (tertiary/aromatic N) is 4. The molecular formula is C26H26FN5O3. The van der Waals surface area contributed by atoms with Gasteiger partial charge in [-0.1, -0.05) is 47.2 Å². The highest BCUT2D eigenvalue weighted by molar-refractivity contribution is 6.01. The van der Waals surface area contributed by atoms with Crippen molar-refractivity contribution in [3.63, 3.8) is 0 Å². The van der Waals surface area contributed by atoms with Gasteiger partial charge in [0.25, 0.3) is 0 Å². The number of carbonyl (C=O) groups excluding carboxylic acids is 2. The molecule has 180 valence electrons. The fraction of sp³-hybridized carbons (Fsp3) is 0.231. The number of rotatable bonds is 9. The molecule has 0 bridgehead atoms. The van der Waals surface area contributed by atoms with E-state index in [1.807, 2.05) is 43.3 Å². The van der Waals surface area contributed by atoms with Gasteiger partial charge in [0.2, 0.25) is 11.8 Å². The van der Waals surface area contributed by atoms with Crippen LogP contribution in [0, 0.1) is 12.7 Å². The van der Waals surface area contributed by atoms with Gasteiger partial charge in [0.05, 0.1) is 12.1 Å². The Morgan fingerprint density at radius 3 is 2.49 bits per heavy atom. The quantitative estimate of drug-likeness (QED) is 0.375. The van der Waals surface area contributed by atoms with Crippen LogP contribution in [-0.2, 0) is 20.9 Å². The predicted molar refractivity (Wildman–Crippen MR) is 130 cm³/mol. The Morgan fingerprint density at radius 2 is 1.77 bits per heavy atom. The minimum Gasteiger partial charge on any atom is -0.383 e. The first-order valence-electron chi connectivity index (χ1n) is 11.2. The summed E-state index contributed by atoms with van der Waals surface area (Å²) < 4.78 is 20.3. The summed E-state index contributed by atoms with van der Waals surface area (Å²) in [5.41, 5.74) is 3.37. The minimum absolute atomic E-state index is 0.141. The molecule has 9 heteroatoms. The molecule has 2 amide bonds. The van der Waals surface area contributed by atoms with Crippen LogP contribution in [0.5, 0.6) is 0 Å². The number of hydrogen-bond donors (Lipinski definition) is 1. The summed E-state index contributed by atoms with van der Waals surface area (Å²) in [5, 5.41) is 11.1. The molecule has 0 aliphatic rings. The standard InChI is InChI=1S/C26H26FN5O3/c1-18-7-13-21(14-8-18)32(24(33)17-31-23-6-4-3-5-22(23)29-30-31)25(26(34)28-15-16-35-2)19-9-11-20(27)12-10-19/h3-14,25H,15-17H2,1-2H3,(H,28,34)/t25-/m0/s1. The van der Waals surface area contributed by atoms with E-state index in [2.05, 4.69) is 15.6 Å². The van der Waals surface area contributed by atoms with Gasteiger partial charge in [0.1, 0.15) is 23.9 Å². The normalized spacial score (nSPS) is 11.9. The highest BCUT2D eigenvalue weighted by atomic mass is 19.1. The van der Waals surface area contributed by atoms with E-state index in [0.29, 0.717) is 28.9 Å². The second-order valence-electron chi connectivity index (χ2n) is 8.07. The third-order valence-electron chi connectivity index (χ3n) is 5.58. The second-order valence-corrected chi connectivity index (χ2v) is 8.07. The number of aryl methyl sites for hydroxylation is 1. The molecule has 0 saturated heterocycles. The Bertz CT molecular complexity index is 1300. The molecule has 35 heavy (non-hydrogen) atoms. The van der Waals surface area contributed by atoms with Gasteiger partial charge in [0, 0.05) is 19.3 Å². The SMILES string of the molecule is COCCNC(=O)[C@H](c1ccc(F)cc1)N(C(=O)Cn1nnc2ccccc21)c1ccc(C)cc1. The van der Waals surface area contributed by atoms with Crippen LogP contribution in [0.2, 0.25) is 0 Å². The molecule has 1 N–H and O–H groups in total. The predicted octanol–water partition coefficient (Wildman–Crippen LogP) is 3.42. The van der Waals surface area contributed by atoms with Crippen molar-refractivity contribution >= 4 is 28.5 Å². The highest BCUT2D eigenvalue weighted by Gasteiger charge is 2.33. The summed E-state index contributed by atoms with van der Waals surface area (Å²) in [5.74, 6) is -1.22. The molecular weight excluding hydrogens is 449 g/mol. The first-order chi connectivity index (χ1) is 17.0. The lowest BCUT2D eigenvalue weighted by Crippen LogP contribution is -2.46. The number of aromatic nitrogens is 3. The molecule has 0 aliphatic carbocycles. The third kappa shape index (κ3) is 5.52. The summed E-state index contributed by atoms with van der Waals surface area (Å²) in [4.78, 5) is 28.7. The number of carbonyl (C=O) groups is 2. The van der Waals surface area contributed by atoms with Crippen molar-refractivity contribution in [1.82, 2.24) is 20.3 Å². The van der Waals surface area contributed by atoms with Gasteiger partial charge in [0.15, 0.2) is 0 Å². The summed E-state index contributed by atoms with van der Waals surface area (Å²) in [6.45, 7) is 2.37. The Kier molecular flexibility index (Phi) is 7.47. The number of amides is 2. The lowest BCUT2D eigenvalue weighted by Gasteiger charge is -2.31. The largest absolute Gasteiger partial charge is 0.383 e. The van der Waals surface area contributed by atoms with E-state index in [0.717, 1.165) is 5.56 Å². The molecule has 1 atom stereocenters. The molecule has 0 radical (unpaired) electrons.